The molecular weight excluding hydrogens is 288 g/mol. The fourth-order valence-electron chi connectivity index (χ4n) is 1.15. The molecule has 3 N–H and O–H groups in total. The van der Waals surface area contributed by atoms with E-state index in [-0.39, 0.29) is 11.8 Å². The quantitative estimate of drug-likeness (QED) is 0.309. The molecule has 0 spiro atoms. The molecule has 0 aliphatic carbocycles. The third kappa shape index (κ3) is 15.6. The van der Waals surface area contributed by atoms with E-state index in [1.165, 1.54) is 0 Å². The average Bonchev–Trinajstić information content (AvgIpc) is 2.47. The van der Waals surface area contributed by atoms with Gasteiger partial charge in [0.05, 0.1) is 52.9 Å². The molecule has 120 valence electrons. The van der Waals surface area contributed by atoms with Crippen LogP contribution < -0.4 is 11.1 Å². The number of carbonyl (C=O) groups is 1. The molecule has 0 bridgehead atoms. The summed E-state index contributed by atoms with van der Waals surface area (Å²) in [4.78, 5) is 10.8. The van der Waals surface area contributed by atoms with Crippen molar-refractivity contribution in [3.05, 3.63) is 0 Å². The number of carbonyl (C=O) groups excluding carboxylic acids is 1. The minimum Gasteiger partial charge on any atom is -0.378 e. The van der Waals surface area contributed by atoms with Crippen LogP contribution in [0.5, 0.6) is 0 Å². The molecule has 0 unspecified atom stereocenters. The van der Waals surface area contributed by atoms with Crippen molar-refractivity contribution in [2.75, 3.05) is 71.8 Å². The van der Waals surface area contributed by atoms with Gasteiger partial charge in [0.2, 0.25) is 5.91 Å². The van der Waals surface area contributed by atoms with E-state index in [9.17, 15) is 4.79 Å². The molecule has 0 saturated carbocycles. The predicted molar refractivity (Wildman–Crippen MR) is 76.1 cm³/mol. The van der Waals surface area contributed by atoms with E-state index in [1.54, 1.807) is 0 Å². The highest BCUT2D eigenvalue weighted by Gasteiger charge is 1.96. The van der Waals surface area contributed by atoms with Gasteiger partial charge in [0.15, 0.2) is 0 Å². The molecule has 1 amide bonds. The Bertz CT molecular complexity index is 222. The monoisotopic (exact) mass is 312 g/mol. The van der Waals surface area contributed by atoms with Crippen molar-refractivity contribution in [2.24, 2.45) is 5.73 Å². The first-order chi connectivity index (χ1) is 9.81. The maximum atomic E-state index is 10.8. The van der Waals surface area contributed by atoms with Crippen molar-refractivity contribution >= 4 is 17.5 Å². The topological polar surface area (TPSA) is 92.0 Å². The largest absolute Gasteiger partial charge is 0.378 e. The molecule has 7 nitrogen and oxygen atoms in total. The number of alkyl halides is 1. The number of nitrogens with one attached hydrogen (secondary N) is 1. The van der Waals surface area contributed by atoms with E-state index in [1.807, 2.05) is 0 Å². The van der Waals surface area contributed by atoms with Crippen LogP contribution in [0.2, 0.25) is 0 Å². The SMILES string of the molecule is NCCOCCOCCOCCOCCNC(=O)CCl. The molecule has 0 saturated heterocycles. The predicted octanol–water partition coefficient (Wildman–Crippen LogP) is -0.633. The second-order valence-corrected chi connectivity index (χ2v) is 3.99. The molecule has 0 radical (unpaired) electrons. The Morgan fingerprint density at radius 1 is 0.850 bits per heavy atom. The Morgan fingerprint density at radius 3 is 1.75 bits per heavy atom. The molecule has 20 heavy (non-hydrogen) atoms. The van der Waals surface area contributed by atoms with Gasteiger partial charge in [-0.25, -0.2) is 0 Å². The normalized spacial score (nSPS) is 10.7. The summed E-state index contributed by atoms with van der Waals surface area (Å²) in [7, 11) is 0. The van der Waals surface area contributed by atoms with Crippen LogP contribution in [-0.2, 0) is 23.7 Å². The zero-order chi connectivity index (χ0) is 14.9. The minimum atomic E-state index is -0.195. The van der Waals surface area contributed by atoms with Crippen LogP contribution in [0.15, 0.2) is 0 Å². The van der Waals surface area contributed by atoms with Crippen LogP contribution in [-0.4, -0.2) is 77.7 Å². The van der Waals surface area contributed by atoms with Gasteiger partial charge in [-0.05, 0) is 0 Å². The Balaban J connectivity index is 2.97. The van der Waals surface area contributed by atoms with Crippen molar-refractivity contribution in [3.8, 4) is 0 Å². The molecule has 0 aromatic carbocycles. The first kappa shape index (κ1) is 19.6. The maximum absolute atomic E-state index is 10.8. The van der Waals surface area contributed by atoms with Gasteiger partial charge < -0.3 is 30.0 Å². The van der Waals surface area contributed by atoms with Gasteiger partial charge in [-0.1, -0.05) is 0 Å². The lowest BCUT2D eigenvalue weighted by atomic mass is 10.6. The van der Waals surface area contributed by atoms with Crippen LogP contribution in [0.3, 0.4) is 0 Å². The summed E-state index contributed by atoms with van der Waals surface area (Å²) in [6, 6.07) is 0. The minimum absolute atomic E-state index is 0.0274. The standard InChI is InChI=1S/C12H25ClN2O5/c13-11-12(16)15-2-4-18-6-8-20-10-9-19-7-5-17-3-1-14/h1-11,14H2,(H,15,16). The van der Waals surface area contributed by atoms with Crippen molar-refractivity contribution in [3.63, 3.8) is 0 Å². The summed E-state index contributed by atoms with van der Waals surface area (Å²) < 4.78 is 20.9. The van der Waals surface area contributed by atoms with E-state index in [0.29, 0.717) is 65.9 Å². The van der Waals surface area contributed by atoms with Crippen molar-refractivity contribution in [1.29, 1.82) is 0 Å². The summed E-state index contributed by atoms with van der Waals surface area (Å²) in [5, 5.41) is 2.60. The zero-order valence-corrected chi connectivity index (χ0v) is 12.5. The Hall–Kier alpha value is -0.440. The molecule has 0 fully saturated rings. The van der Waals surface area contributed by atoms with Crippen LogP contribution in [0.1, 0.15) is 0 Å². The highest BCUT2D eigenvalue weighted by molar-refractivity contribution is 6.27. The van der Waals surface area contributed by atoms with E-state index >= 15 is 0 Å². The highest BCUT2D eigenvalue weighted by Crippen LogP contribution is 1.82. The van der Waals surface area contributed by atoms with E-state index in [2.05, 4.69) is 5.32 Å². The number of amides is 1. The van der Waals surface area contributed by atoms with Gasteiger partial charge in [-0.2, -0.15) is 0 Å². The van der Waals surface area contributed by atoms with Gasteiger partial charge in [-0.15, -0.1) is 11.6 Å². The molecule has 0 aromatic heterocycles. The first-order valence-electron chi connectivity index (χ1n) is 6.65. The first-order valence-corrected chi connectivity index (χ1v) is 7.18. The van der Waals surface area contributed by atoms with E-state index in [0.717, 1.165) is 0 Å². The van der Waals surface area contributed by atoms with Crippen LogP contribution >= 0.6 is 11.6 Å². The summed E-state index contributed by atoms with van der Waals surface area (Å²) >= 11 is 5.31. The van der Waals surface area contributed by atoms with Crippen molar-refractivity contribution < 1.29 is 23.7 Å². The second-order valence-electron chi connectivity index (χ2n) is 3.72. The summed E-state index contributed by atoms with van der Waals surface area (Å²) in [6.45, 7) is 5.10. The number of halogens is 1. The maximum Gasteiger partial charge on any atom is 0.235 e. The lowest BCUT2D eigenvalue weighted by Crippen LogP contribution is -2.28. The van der Waals surface area contributed by atoms with Gasteiger partial charge in [0, 0.05) is 13.1 Å². The fraction of sp³-hybridized carbons (Fsp3) is 0.917. The molecule has 0 aromatic rings. The summed E-state index contributed by atoms with van der Waals surface area (Å²) in [5.41, 5.74) is 5.27. The van der Waals surface area contributed by atoms with Crippen molar-refractivity contribution in [1.82, 2.24) is 5.32 Å². The highest BCUT2D eigenvalue weighted by atomic mass is 35.5. The molecular formula is C12H25ClN2O5. The van der Waals surface area contributed by atoms with Gasteiger partial charge in [0.25, 0.3) is 0 Å². The lowest BCUT2D eigenvalue weighted by Gasteiger charge is -2.07. The molecule has 0 aliphatic heterocycles. The van der Waals surface area contributed by atoms with Gasteiger partial charge in [-0.3, -0.25) is 4.79 Å². The third-order valence-corrected chi connectivity index (χ3v) is 2.31. The molecule has 0 aliphatic rings. The summed E-state index contributed by atoms with van der Waals surface area (Å²) in [6.07, 6.45) is 0. The number of hydrogen-bond acceptors (Lipinski definition) is 6. The molecule has 0 rings (SSSR count). The summed E-state index contributed by atoms with van der Waals surface area (Å²) in [5.74, 6) is -0.223. The number of nitrogens with two attached hydrogens (primary N) is 1. The number of ether oxygens (including phenoxy) is 4. The van der Waals surface area contributed by atoms with Gasteiger partial charge >= 0.3 is 0 Å². The third-order valence-electron chi connectivity index (χ3n) is 2.07. The number of rotatable bonds is 15. The Kier molecular flexibility index (Phi) is 16.2. The average molecular weight is 313 g/mol. The fourth-order valence-corrected chi connectivity index (χ4v) is 1.25. The number of hydrogen-bond donors (Lipinski definition) is 2. The van der Waals surface area contributed by atoms with E-state index < -0.39 is 0 Å². The lowest BCUT2D eigenvalue weighted by molar-refractivity contribution is -0.118. The molecule has 8 heteroatoms. The Labute approximate surface area is 125 Å². The second kappa shape index (κ2) is 16.6. The van der Waals surface area contributed by atoms with Crippen LogP contribution in [0, 0.1) is 0 Å². The van der Waals surface area contributed by atoms with Gasteiger partial charge in [0.1, 0.15) is 5.88 Å². The Morgan fingerprint density at radius 2 is 1.30 bits per heavy atom. The molecule has 0 atom stereocenters. The van der Waals surface area contributed by atoms with Crippen LogP contribution in [0.25, 0.3) is 0 Å². The zero-order valence-electron chi connectivity index (χ0n) is 11.8. The molecule has 0 heterocycles. The smallest absolute Gasteiger partial charge is 0.235 e. The van der Waals surface area contributed by atoms with E-state index in [4.69, 9.17) is 36.3 Å². The van der Waals surface area contributed by atoms with Crippen LogP contribution in [0.4, 0.5) is 0 Å². The van der Waals surface area contributed by atoms with Crippen molar-refractivity contribution in [2.45, 2.75) is 0 Å².